The summed E-state index contributed by atoms with van der Waals surface area (Å²) in [6.07, 6.45) is 23.5. The van der Waals surface area contributed by atoms with Gasteiger partial charge in [0.15, 0.2) is 0 Å². The first kappa shape index (κ1) is 19.0. The van der Waals surface area contributed by atoms with Crippen LogP contribution >= 0.6 is 0 Å². The summed E-state index contributed by atoms with van der Waals surface area (Å²) in [5.74, 6) is 3.65. The van der Waals surface area contributed by atoms with Gasteiger partial charge in [-0.2, -0.15) is 0 Å². The van der Waals surface area contributed by atoms with E-state index in [1.165, 1.54) is 89.0 Å². The van der Waals surface area contributed by atoms with Gasteiger partial charge in [0, 0.05) is 0 Å². The van der Waals surface area contributed by atoms with E-state index in [9.17, 15) is 0 Å². The number of rotatable bonds is 7. The van der Waals surface area contributed by atoms with Gasteiger partial charge >= 0.3 is 0 Å². The second-order valence-corrected chi connectivity index (χ2v) is 9.48. The first-order chi connectivity index (χ1) is 12.1. The molecule has 0 amide bonds. The summed E-state index contributed by atoms with van der Waals surface area (Å²) in [5, 5.41) is 0. The molecule has 0 spiro atoms. The van der Waals surface area contributed by atoms with Gasteiger partial charge in [-0.05, 0) is 76.0 Å². The maximum atomic E-state index is 4.39. The molecule has 0 heterocycles. The van der Waals surface area contributed by atoms with Gasteiger partial charge in [-0.15, -0.1) is 0 Å². The van der Waals surface area contributed by atoms with Gasteiger partial charge in [-0.25, -0.2) is 0 Å². The molecule has 0 bridgehead atoms. The van der Waals surface area contributed by atoms with Crippen LogP contribution in [0.5, 0.6) is 0 Å². The second-order valence-electron chi connectivity index (χ2n) is 9.48. The van der Waals surface area contributed by atoms with Crippen LogP contribution in [0.1, 0.15) is 97.3 Å². The monoisotopic (exact) mass is 340 g/mol. The average molecular weight is 341 g/mol. The molecule has 25 heavy (non-hydrogen) atoms. The summed E-state index contributed by atoms with van der Waals surface area (Å²) in [5.41, 5.74) is 4.69. The van der Waals surface area contributed by atoms with Crippen LogP contribution in [0.4, 0.5) is 0 Å². The maximum absolute atomic E-state index is 4.39. The van der Waals surface area contributed by atoms with Crippen molar-refractivity contribution in [3.05, 3.63) is 35.5 Å². The van der Waals surface area contributed by atoms with Gasteiger partial charge in [0.05, 0.1) is 0 Å². The Hall–Kier alpha value is -0.780. The van der Waals surface area contributed by atoms with Gasteiger partial charge in [0.1, 0.15) is 0 Å². The lowest BCUT2D eigenvalue weighted by molar-refractivity contribution is 0.255. The summed E-state index contributed by atoms with van der Waals surface area (Å²) >= 11 is 0. The molecule has 3 rings (SSSR count). The van der Waals surface area contributed by atoms with Gasteiger partial charge in [-0.3, -0.25) is 0 Å². The van der Waals surface area contributed by atoms with Crippen LogP contribution in [0.15, 0.2) is 35.5 Å². The van der Waals surface area contributed by atoms with Gasteiger partial charge in [0.25, 0.3) is 0 Å². The minimum atomic E-state index is 0.784. The molecule has 3 aliphatic rings. The van der Waals surface area contributed by atoms with Crippen molar-refractivity contribution in [2.24, 2.45) is 23.7 Å². The molecule has 0 aromatic heterocycles. The average Bonchev–Trinajstić information content (AvgIpc) is 3.02. The van der Waals surface area contributed by atoms with Crippen molar-refractivity contribution in [1.82, 2.24) is 0 Å². The van der Waals surface area contributed by atoms with Crippen LogP contribution in [-0.4, -0.2) is 0 Å². The van der Waals surface area contributed by atoms with E-state index < -0.39 is 0 Å². The fourth-order valence-electron chi connectivity index (χ4n) is 5.76. The fraction of sp³-hybridized carbons (Fsp3) is 0.760. The van der Waals surface area contributed by atoms with E-state index in [4.69, 9.17) is 0 Å². The molecule has 0 radical (unpaired) electrons. The quantitative estimate of drug-likeness (QED) is 0.412. The largest absolute Gasteiger partial charge is 0.0999 e. The summed E-state index contributed by atoms with van der Waals surface area (Å²) in [6.45, 7) is 9.00. The second kappa shape index (κ2) is 9.24. The first-order valence-corrected chi connectivity index (χ1v) is 11.1. The summed E-state index contributed by atoms with van der Waals surface area (Å²) in [7, 11) is 0. The van der Waals surface area contributed by atoms with Crippen molar-refractivity contribution >= 4 is 0 Å². The van der Waals surface area contributed by atoms with Crippen molar-refractivity contribution in [2.75, 3.05) is 0 Å². The number of allylic oxidation sites excluding steroid dienone is 5. The third-order valence-corrected chi connectivity index (χ3v) is 7.32. The highest BCUT2D eigenvalue weighted by Gasteiger charge is 2.31. The fourth-order valence-corrected chi connectivity index (χ4v) is 5.76. The zero-order valence-corrected chi connectivity index (χ0v) is 16.9. The molecule has 140 valence electrons. The van der Waals surface area contributed by atoms with Crippen molar-refractivity contribution < 1.29 is 0 Å². The normalized spacial score (nSPS) is 29.2. The maximum Gasteiger partial charge on any atom is -0.0203 e. The van der Waals surface area contributed by atoms with Gasteiger partial charge in [0.2, 0.25) is 0 Å². The molecule has 0 aliphatic heterocycles. The molecular formula is C25H40. The lowest BCUT2D eigenvalue weighted by Gasteiger charge is -2.30. The lowest BCUT2D eigenvalue weighted by Crippen LogP contribution is -2.18. The predicted octanol–water partition coefficient (Wildman–Crippen LogP) is 8.01. The molecule has 0 saturated heterocycles. The zero-order valence-electron chi connectivity index (χ0n) is 16.9. The van der Waals surface area contributed by atoms with E-state index >= 15 is 0 Å². The summed E-state index contributed by atoms with van der Waals surface area (Å²) in [4.78, 5) is 0. The smallest absolute Gasteiger partial charge is 0.0203 e. The van der Waals surface area contributed by atoms with E-state index in [0.29, 0.717) is 0 Å². The van der Waals surface area contributed by atoms with E-state index in [0.717, 1.165) is 23.7 Å². The first-order valence-electron chi connectivity index (χ1n) is 11.1. The molecule has 2 saturated carbocycles. The Balaban J connectivity index is 1.56. The molecule has 0 heteroatoms. The minimum absolute atomic E-state index is 0.784. The predicted molar refractivity (Wildman–Crippen MR) is 111 cm³/mol. The zero-order chi connectivity index (χ0) is 17.6. The van der Waals surface area contributed by atoms with Crippen molar-refractivity contribution in [1.29, 1.82) is 0 Å². The SMILES string of the molecule is C=C(C)[C@H](CC1CCCCC1)CC1CCCC1CC1=CCCC(C)=C1. The molecule has 3 atom stereocenters. The van der Waals surface area contributed by atoms with Gasteiger partial charge < -0.3 is 0 Å². The Morgan fingerprint density at radius 3 is 2.52 bits per heavy atom. The highest BCUT2D eigenvalue weighted by molar-refractivity contribution is 5.27. The van der Waals surface area contributed by atoms with Crippen LogP contribution in [0.2, 0.25) is 0 Å². The Kier molecular flexibility index (Phi) is 7.02. The van der Waals surface area contributed by atoms with Crippen LogP contribution in [0.25, 0.3) is 0 Å². The Morgan fingerprint density at radius 2 is 1.80 bits per heavy atom. The highest BCUT2D eigenvalue weighted by atomic mass is 14.4. The summed E-state index contributed by atoms with van der Waals surface area (Å²) in [6, 6.07) is 0. The molecule has 0 aromatic carbocycles. The topological polar surface area (TPSA) is 0 Å². The molecule has 3 aliphatic carbocycles. The minimum Gasteiger partial charge on any atom is -0.0999 e. The summed E-state index contributed by atoms with van der Waals surface area (Å²) < 4.78 is 0. The third kappa shape index (κ3) is 5.60. The molecule has 0 aromatic rings. The van der Waals surface area contributed by atoms with E-state index in [1.54, 1.807) is 11.1 Å². The highest BCUT2D eigenvalue weighted by Crippen LogP contribution is 2.43. The Labute approximate surface area is 156 Å². The molecule has 2 fully saturated rings. The Bertz CT molecular complexity index is 500. The standard InChI is InChI=1S/C25H40/c1-19(2)25(16-21-10-5-4-6-11-21)18-24-14-8-13-23(24)17-22-12-7-9-20(3)15-22/h12,15,21,23-25H,1,4-11,13-14,16-18H2,2-3H3/t23?,24?,25-/m1/s1. The van der Waals surface area contributed by atoms with Crippen LogP contribution in [0, 0.1) is 23.7 Å². The number of hydrogen-bond donors (Lipinski definition) is 0. The molecule has 0 nitrogen and oxygen atoms in total. The molecular weight excluding hydrogens is 300 g/mol. The van der Waals surface area contributed by atoms with Crippen LogP contribution in [-0.2, 0) is 0 Å². The van der Waals surface area contributed by atoms with Crippen molar-refractivity contribution in [3.63, 3.8) is 0 Å². The van der Waals surface area contributed by atoms with E-state index in [2.05, 4.69) is 32.6 Å². The molecule has 0 N–H and O–H groups in total. The lowest BCUT2D eigenvalue weighted by atomic mass is 9.75. The van der Waals surface area contributed by atoms with E-state index in [-0.39, 0.29) is 0 Å². The molecule has 2 unspecified atom stereocenters. The number of hydrogen-bond acceptors (Lipinski definition) is 0. The van der Waals surface area contributed by atoms with Crippen molar-refractivity contribution in [2.45, 2.75) is 97.3 Å². The van der Waals surface area contributed by atoms with Crippen molar-refractivity contribution in [3.8, 4) is 0 Å². The van der Waals surface area contributed by atoms with Crippen LogP contribution in [0.3, 0.4) is 0 Å². The third-order valence-electron chi connectivity index (χ3n) is 7.32. The Morgan fingerprint density at radius 1 is 1.04 bits per heavy atom. The van der Waals surface area contributed by atoms with E-state index in [1.807, 2.05) is 0 Å². The van der Waals surface area contributed by atoms with Gasteiger partial charge in [-0.1, -0.05) is 80.4 Å². The van der Waals surface area contributed by atoms with Crippen LogP contribution < -0.4 is 0 Å².